The first-order valence-electron chi connectivity index (χ1n) is 3.53. The van der Waals surface area contributed by atoms with Crippen molar-refractivity contribution in [2.24, 2.45) is 0 Å². The Labute approximate surface area is 85.5 Å². The molecule has 0 aliphatic heterocycles. The van der Waals surface area contributed by atoms with Crippen molar-refractivity contribution in [2.75, 3.05) is 0 Å². The zero-order chi connectivity index (χ0) is 10.9. The minimum absolute atomic E-state index is 0.116. The molecule has 1 nitrogen and oxygen atoms in total. The summed E-state index contributed by atoms with van der Waals surface area (Å²) in [5.41, 5.74) is -1.76. The molecule has 0 atom stereocenters. The Bertz CT molecular complexity index is 348. The third kappa shape index (κ3) is 2.06. The number of aliphatic hydroxyl groups excluding tert-OH is 1. The van der Waals surface area contributed by atoms with Gasteiger partial charge in [-0.15, -0.1) is 0 Å². The monoisotopic (exact) mass is 272 g/mol. The van der Waals surface area contributed by atoms with Gasteiger partial charge in [0.2, 0.25) is 0 Å². The average molecular weight is 273 g/mol. The molecule has 1 aromatic carbocycles. The smallest absolute Gasteiger partial charge is 0.392 e. The highest BCUT2D eigenvalue weighted by Gasteiger charge is 2.35. The van der Waals surface area contributed by atoms with Crippen molar-refractivity contribution >= 4 is 15.9 Å². The summed E-state index contributed by atoms with van der Waals surface area (Å²) in [6.07, 6.45) is -4.74. The predicted octanol–water partition coefficient (Wildman–Crippen LogP) is 3.10. The van der Waals surface area contributed by atoms with Gasteiger partial charge in [-0.25, -0.2) is 4.39 Å². The number of halogens is 5. The van der Waals surface area contributed by atoms with E-state index in [9.17, 15) is 17.6 Å². The minimum atomic E-state index is -4.74. The van der Waals surface area contributed by atoms with Gasteiger partial charge in [-0.1, -0.05) is 15.9 Å². The van der Waals surface area contributed by atoms with Crippen LogP contribution in [-0.2, 0) is 12.8 Å². The van der Waals surface area contributed by atoms with Crippen molar-refractivity contribution in [3.05, 3.63) is 33.5 Å². The van der Waals surface area contributed by atoms with Gasteiger partial charge in [-0.2, -0.15) is 13.2 Å². The zero-order valence-electron chi connectivity index (χ0n) is 6.70. The van der Waals surface area contributed by atoms with E-state index >= 15 is 0 Å². The Balaban J connectivity index is 3.36. The molecule has 0 amide bonds. The van der Waals surface area contributed by atoms with Crippen LogP contribution in [-0.4, -0.2) is 5.11 Å². The van der Waals surface area contributed by atoms with Crippen LogP contribution in [0.5, 0.6) is 0 Å². The lowest BCUT2D eigenvalue weighted by atomic mass is 10.1. The van der Waals surface area contributed by atoms with Crippen molar-refractivity contribution in [3.63, 3.8) is 0 Å². The second kappa shape index (κ2) is 3.86. The molecular formula is C8H5BrF4O. The molecule has 0 radical (unpaired) electrons. The lowest BCUT2D eigenvalue weighted by molar-refractivity contribution is -0.140. The molecule has 0 aliphatic rings. The molecule has 0 bridgehead atoms. The van der Waals surface area contributed by atoms with Crippen LogP contribution >= 0.6 is 15.9 Å². The molecule has 0 heterocycles. The number of alkyl halides is 3. The van der Waals surface area contributed by atoms with Crippen LogP contribution in [0.1, 0.15) is 11.1 Å². The van der Waals surface area contributed by atoms with Crippen LogP contribution in [0.4, 0.5) is 17.6 Å². The largest absolute Gasteiger partial charge is 0.419 e. The van der Waals surface area contributed by atoms with Crippen molar-refractivity contribution < 1.29 is 22.7 Å². The summed E-state index contributed by atoms with van der Waals surface area (Å²) in [6.45, 7) is -0.781. The molecule has 1 N–H and O–H groups in total. The Morgan fingerprint density at radius 2 is 1.86 bits per heavy atom. The molecule has 0 aromatic heterocycles. The molecule has 14 heavy (non-hydrogen) atoms. The van der Waals surface area contributed by atoms with E-state index in [4.69, 9.17) is 5.11 Å². The van der Waals surface area contributed by atoms with E-state index < -0.39 is 24.2 Å². The maximum Gasteiger partial charge on any atom is 0.419 e. The fourth-order valence-corrected chi connectivity index (χ4v) is 1.39. The van der Waals surface area contributed by atoms with E-state index in [1.54, 1.807) is 0 Å². The Hall–Kier alpha value is -0.620. The molecule has 78 valence electrons. The number of hydrogen-bond donors (Lipinski definition) is 1. The number of benzene rings is 1. The van der Waals surface area contributed by atoms with Crippen molar-refractivity contribution in [3.8, 4) is 0 Å². The predicted molar refractivity (Wildman–Crippen MR) is 45.0 cm³/mol. The third-order valence-electron chi connectivity index (χ3n) is 1.65. The summed E-state index contributed by atoms with van der Waals surface area (Å²) in [5, 5.41) is 8.65. The molecule has 6 heteroatoms. The van der Waals surface area contributed by atoms with Gasteiger partial charge >= 0.3 is 6.18 Å². The summed E-state index contributed by atoms with van der Waals surface area (Å²) in [5.74, 6) is -1.44. The van der Waals surface area contributed by atoms with Crippen LogP contribution < -0.4 is 0 Å². The van der Waals surface area contributed by atoms with Crippen LogP contribution in [0.2, 0.25) is 0 Å². The topological polar surface area (TPSA) is 20.2 Å². The van der Waals surface area contributed by atoms with Crippen LogP contribution in [0.15, 0.2) is 16.6 Å². The lowest BCUT2D eigenvalue weighted by Crippen LogP contribution is -2.10. The first-order chi connectivity index (χ1) is 6.38. The molecule has 0 unspecified atom stereocenters. The maximum absolute atomic E-state index is 13.1. The number of hydrogen-bond acceptors (Lipinski definition) is 1. The average Bonchev–Trinajstić information content (AvgIpc) is 2.02. The van der Waals surface area contributed by atoms with Gasteiger partial charge in [0, 0.05) is 10.0 Å². The lowest BCUT2D eigenvalue weighted by Gasteiger charge is -2.11. The summed E-state index contributed by atoms with van der Waals surface area (Å²) in [7, 11) is 0. The fourth-order valence-electron chi connectivity index (χ4n) is 0.962. The fraction of sp³-hybridized carbons (Fsp3) is 0.250. The van der Waals surface area contributed by atoms with Crippen LogP contribution in [0.3, 0.4) is 0 Å². The first kappa shape index (κ1) is 11.5. The summed E-state index contributed by atoms with van der Waals surface area (Å²) < 4.78 is 49.7. The van der Waals surface area contributed by atoms with Gasteiger partial charge in [0.05, 0.1) is 12.2 Å². The highest BCUT2D eigenvalue weighted by Crippen LogP contribution is 2.34. The van der Waals surface area contributed by atoms with Gasteiger partial charge < -0.3 is 5.11 Å². The standard InChI is InChI=1S/C8H5BrF4O/c9-6-2-1-5(8(11,12)13)7(10)4(6)3-14/h1-2,14H,3H2. The maximum atomic E-state index is 13.1. The molecule has 1 rings (SSSR count). The summed E-state index contributed by atoms with van der Waals surface area (Å²) >= 11 is 2.84. The van der Waals surface area contributed by atoms with Crippen LogP contribution in [0, 0.1) is 5.82 Å². The highest BCUT2D eigenvalue weighted by atomic mass is 79.9. The normalized spacial score (nSPS) is 11.9. The van der Waals surface area contributed by atoms with E-state index in [-0.39, 0.29) is 10.0 Å². The molecule has 0 spiro atoms. The Morgan fingerprint density at radius 1 is 1.29 bits per heavy atom. The zero-order valence-corrected chi connectivity index (χ0v) is 8.28. The molecule has 0 fully saturated rings. The summed E-state index contributed by atoms with van der Waals surface area (Å²) in [4.78, 5) is 0. The van der Waals surface area contributed by atoms with Gasteiger partial charge in [-0.3, -0.25) is 0 Å². The number of aliphatic hydroxyl groups is 1. The molecule has 1 aromatic rings. The summed E-state index contributed by atoms with van der Waals surface area (Å²) in [6, 6.07) is 1.68. The van der Waals surface area contributed by atoms with Gasteiger partial charge in [0.1, 0.15) is 5.82 Å². The quantitative estimate of drug-likeness (QED) is 0.779. The molecular weight excluding hydrogens is 268 g/mol. The minimum Gasteiger partial charge on any atom is -0.392 e. The molecule has 0 saturated heterocycles. The van der Waals surface area contributed by atoms with E-state index in [0.29, 0.717) is 6.07 Å². The number of rotatable bonds is 1. The van der Waals surface area contributed by atoms with Gasteiger partial charge in [0.15, 0.2) is 0 Å². The second-order valence-corrected chi connectivity index (χ2v) is 3.40. The molecule has 0 aliphatic carbocycles. The van der Waals surface area contributed by atoms with E-state index in [2.05, 4.69) is 15.9 Å². The Morgan fingerprint density at radius 3 is 2.29 bits per heavy atom. The Kier molecular flexibility index (Phi) is 3.16. The molecule has 0 saturated carbocycles. The van der Waals surface area contributed by atoms with Gasteiger partial charge in [0.25, 0.3) is 0 Å². The van der Waals surface area contributed by atoms with Crippen LogP contribution in [0.25, 0.3) is 0 Å². The first-order valence-corrected chi connectivity index (χ1v) is 4.32. The third-order valence-corrected chi connectivity index (χ3v) is 2.39. The highest BCUT2D eigenvalue weighted by molar-refractivity contribution is 9.10. The van der Waals surface area contributed by atoms with E-state index in [1.165, 1.54) is 0 Å². The van der Waals surface area contributed by atoms with Gasteiger partial charge in [-0.05, 0) is 12.1 Å². The second-order valence-electron chi connectivity index (χ2n) is 2.54. The SMILES string of the molecule is OCc1c(Br)ccc(C(F)(F)F)c1F. The van der Waals surface area contributed by atoms with E-state index in [1.807, 2.05) is 0 Å². The van der Waals surface area contributed by atoms with Crippen molar-refractivity contribution in [1.82, 2.24) is 0 Å². The van der Waals surface area contributed by atoms with Crippen molar-refractivity contribution in [1.29, 1.82) is 0 Å². The van der Waals surface area contributed by atoms with Crippen molar-refractivity contribution in [2.45, 2.75) is 12.8 Å². The van der Waals surface area contributed by atoms with E-state index in [0.717, 1.165) is 6.07 Å².